The molecule has 2 bridgehead atoms. The molecule has 0 aliphatic carbocycles. The summed E-state index contributed by atoms with van der Waals surface area (Å²) in [5, 5.41) is 6.08. The lowest BCUT2D eigenvalue weighted by atomic mass is 9.84. The van der Waals surface area contributed by atoms with E-state index in [4.69, 9.17) is 0 Å². The minimum Gasteiger partial charge on any atom is -0.348 e. The molecule has 3 aliphatic heterocycles. The minimum absolute atomic E-state index is 0.0192. The van der Waals surface area contributed by atoms with E-state index < -0.39 is 0 Å². The molecule has 2 N–H and O–H groups in total. The van der Waals surface area contributed by atoms with Crippen molar-refractivity contribution in [2.24, 2.45) is 5.92 Å². The first kappa shape index (κ1) is 17.7. The number of hydrogen-bond acceptors (Lipinski definition) is 3. The van der Waals surface area contributed by atoms with Gasteiger partial charge in [0.25, 0.3) is 5.91 Å². The Bertz CT molecular complexity index is 856. The predicted octanol–water partition coefficient (Wildman–Crippen LogP) is 3.14. The van der Waals surface area contributed by atoms with E-state index in [1.54, 1.807) is 0 Å². The molecule has 1 unspecified atom stereocenters. The molecule has 3 heterocycles. The van der Waals surface area contributed by atoms with E-state index in [1.807, 2.05) is 48.5 Å². The van der Waals surface area contributed by atoms with E-state index in [1.165, 1.54) is 19.8 Å². The van der Waals surface area contributed by atoms with E-state index in [-0.39, 0.29) is 17.9 Å². The van der Waals surface area contributed by atoms with E-state index in [0.717, 1.165) is 36.4 Å². The van der Waals surface area contributed by atoms with Gasteiger partial charge in [-0.3, -0.25) is 9.59 Å². The number of nitrogens with zero attached hydrogens (tertiary/aromatic N) is 1. The highest BCUT2D eigenvalue weighted by molar-refractivity contribution is 6.01. The maximum absolute atomic E-state index is 13.0. The van der Waals surface area contributed by atoms with Crippen LogP contribution in [0.1, 0.15) is 30.1 Å². The minimum atomic E-state index is -0.111. The molecule has 2 aromatic carbocycles. The van der Waals surface area contributed by atoms with Crippen molar-refractivity contribution in [3.63, 3.8) is 0 Å². The second-order valence-corrected chi connectivity index (χ2v) is 7.53. The zero-order chi connectivity index (χ0) is 18.8. The third-order valence-corrected chi connectivity index (χ3v) is 5.64. The lowest BCUT2D eigenvalue weighted by Gasteiger charge is -2.45. The van der Waals surface area contributed by atoms with Crippen LogP contribution in [-0.4, -0.2) is 42.4 Å². The van der Waals surface area contributed by atoms with Gasteiger partial charge in [0.2, 0.25) is 5.91 Å². The Morgan fingerprint density at radius 2 is 1.81 bits per heavy atom. The molecule has 0 saturated carbocycles. The topological polar surface area (TPSA) is 61.4 Å². The van der Waals surface area contributed by atoms with Crippen LogP contribution in [0.3, 0.4) is 0 Å². The van der Waals surface area contributed by atoms with Crippen LogP contribution in [-0.2, 0) is 4.79 Å². The van der Waals surface area contributed by atoms with Gasteiger partial charge in [0.15, 0.2) is 0 Å². The normalized spacial score (nSPS) is 23.7. The fourth-order valence-electron chi connectivity index (χ4n) is 4.28. The standard InChI is InChI=1S/C22H25N3O2/c1-15(26)23-18-6-4-5-17(13-18)19-7-2-3-8-20(19)22(27)24-21-14-25-11-9-16(21)10-12-25/h2-8,13,16,21H,9-12,14H2,1H3,(H,23,26)(H,24,27). The first-order valence-corrected chi connectivity index (χ1v) is 9.60. The summed E-state index contributed by atoms with van der Waals surface area (Å²) < 4.78 is 0. The number of carbonyl (C=O) groups is 2. The van der Waals surface area contributed by atoms with Crippen LogP contribution in [0.15, 0.2) is 48.5 Å². The molecule has 0 radical (unpaired) electrons. The van der Waals surface area contributed by atoms with Gasteiger partial charge < -0.3 is 15.5 Å². The molecule has 5 rings (SSSR count). The Hall–Kier alpha value is -2.66. The number of hydrogen-bond donors (Lipinski definition) is 2. The van der Waals surface area contributed by atoms with Crippen molar-refractivity contribution < 1.29 is 9.59 Å². The molecular formula is C22H25N3O2. The van der Waals surface area contributed by atoms with Crippen molar-refractivity contribution in [2.45, 2.75) is 25.8 Å². The van der Waals surface area contributed by atoms with Crippen LogP contribution in [0.25, 0.3) is 11.1 Å². The summed E-state index contributed by atoms with van der Waals surface area (Å²) in [5.41, 5.74) is 3.20. The van der Waals surface area contributed by atoms with Crippen molar-refractivity contribution >= 4 is 17.5 Å². The van der Waals surface area contributed by atoms with Crippen LogP contribution in [0.2, 0.25) is 0 Å². The predicted molar refractivity (Wildman–Crippen MR) is 107 cm³/mol. The number of rotatable bonds is 4. The molecule has 5 nitrogen and oxygen atoms in total. The van der Waals surface area contributed by atoms with Crippen LogP contribution in [0.5, 0.6) is 0 Å². The summed E-state index contributed by atoms with van der Waals surface area (Å²) in [7, 11) is 0. The number of nitrogens with one attached hydrogen (secondary N) is 2. The molecule has 140 valence electrons. The number of anilines is 1. The van der Waals surface area contributed by atoms with Gasteiger partial charge in [-0.15, -0.1) is 0 Å². The van der Waals surface area contributed by atoms with E-state index in [0.29, 0.717) is 11.5 Å². The average molecular weight is 363 g/mol. The SMILES string of the molecule is CC(=O)Nc1cccc(-c2ccccc2C(=O)NC2CN3CCC2CC3)c1. The monoisotopic (exact) mass is 363 g/mol. The molecule has 3 saturated heterocycles. The molecule has 3 aliphatic rings. The average Bonchev–Trinajstić information content (AvgIpc) is 2.68. The summed E-state index contributed by atoms with van der Waals surface area (Å²) in [5.74, 6) is 0.462. The highest BCUT2D eigenvalue weighted by Gasteiger charge is 2.35. The van der Waals surface area contributed by atoms with Crippen LogP contribution in [0.4, 0.5) is 5.69 Å². The Kier molecular flexibility index (Phi) is 4.94. The van der Waals surface area contributed by atoms with Gasteiger partial charge in [0, 0.05) is 30.8 Å². The van der Waals surface area contributed by atoms with Gasteiger partial charge in [0.1, 0.15) is 0 Å². The Morgan fingerprint density at radius 3 is 2.52 bits per heavy atom. The van der Waals surface area contributed by atoms with Crippen molar-refractivity contribution in [3.8, 4) is 11.1 Å². The van der Waals surface area contributed by atoms with Crippen molar-refractivity contribution in [2.75, 3.05) is 25.0 Å². The summed E-state index contributed by atoms with van der Waals surface area (Å²) in [6.07, 6.45) is 2.34. The second-order valence-electron chi connectivity index (χ2n) is 7.53. The fraction of sp³-hybridized carbons (Fsp3) is 0.364. The molecule has 2 amide bonds. The lowest BCUT2D eigenvalue weighted by molar-refractivity contribution is -0.114. The Balaban J connectivity index is 1.58. The summed E-state index contributed by atoms with van der Waals surface area (Å²) >= 11 is 0. The molecule has 1 atom stereocenters. The number of piperidine rings is 3. The number of fused-ring (bicyclic) bond motifs is 3. The Morgan fingerprint density at radius 1 is 1.04 bits per heavy atom. The smallest absolute Gasteiger partial charge is 0.252 e. The van der Waals surface area contributed by atoms with E-state index >= 15 is 0 Å². The summed E-state index contributed by atoms with van der Waals surface area (Å²) in [6, 6.07) is 15.5. The molecule has 2 aromatic rings. The highest BCUT2D eigenvalue weighted by atomic mass is 16.2. The zero-order valence-electron chi connectivity index (χ0n) is 15.6. The Labute approximate surface area is 159 Å². The molecule has 27 heavy (non-hydrogen) atoms. The molecule has 0 spiro atoms. The van der Waals surface area contributed by atoms with Crippen LogP contribution in [0, 0.1) is 5.92 Å². The van der Waals surface area contributed by atoms with Crippen LogP contribution >= 0.6 is 0 Å². The number of benzene rings is 2. The third kappa shape index (κ3) is 3.88. The first-order valence-electron chi connectivity index (χ1n) is 9.60. The summed E-state index contributed by atoms with van der Waals surface area (Å²) in [4.78, 5) is 26.8. The fourth-order valence-corrected chi connectivity index (χ4v) is 4.28. The van der Waals surface area contributed by atoms with Gasteiger partial charge in [-0.2, -0.15) is 0 Å². The first-order chi connectivity index (χ1) is 13.1. The quantitative estimate of drug-likeness (QED) is 0.877. The van der Waals surface area contributed by atoms with Gasteiger partial charge in [0.05, 0.1) is 0 Å². The molecular weight excluding hydrogens is 338 g/mol. The third-order valence-electron chi connectivity index (χ3n) is 5.64. The highest BCUT2D eigenvalue weighted by Crippen LogP contribution is 2.29. The van der Waals surface area contributed by atoms with E-state index in [9.17, 15) is 9.59 Å². The maximum atomic E-state index is 13.0. The number of carbonyl (C=O) groups excluding carboxylic acids is 2. The van der Waals surface area contributed by atoms with Gasteiger partial charge in [-0.25, -0.2) is 0 Å². The maximum Gasteiger partial charge on any atom is 0.252 e. The summed E-state index contributed by atoms with van der Waals surface area (Å²) in [6.45, 7) is 4.76. The van der Waals surface area contributed by atoms with Crippen molar-refractivity contribution in [1.29, 1.82) is 0 Å². The van der Waals surface area contributed by atoms with Gasteiger partial charge in [-0.1, -0.05) is 30.3 Å². The van der Waals surface area contributed by atoms with E-state index in [2.05, 4.69) is 15.5 Å². The largest absolute Gasteiger partial charge is 0.348 e. The molecule has 5 heteroatoms. The van der Waals surface area contributed by atoms with Crippen molar-refractivity contribution in [3.05, 3.63) is 54.1 Å². The zero-order valence-corrected chi connectivity index (χ0v) is 15.6. The second kappa shape index (κ2) is 7.53. The van der Waals surface area contributed by atoms with Crippen LogP contribution < -0.4 is 10.6 Å². The van der Waals surface area contributed by atoms with Gasteiger partial charge >= 0.3 is 0 Å². The molecule has 0 aromatic heterocycles. The number of amides is 2. The molecule has 3 fully saturated rings. The van der Waals surface area contributed by atoms with Gasteiger partial charge in [-0.05, 0) is 61.2 Å². The lowest BCUT2D eigenvalue weighted by Crippen LogP contribution is -2.57. The van der Waals surface area contributed by atoms with Crippen molar-refractivity contribution in [1.82, 2.24) is 10.2 Å².